The van der Waals surface area contributed by atoms with E-state index in [4.69, 9.17) is 12.2 Å². The highest BCUT2D eigenvalue weighted by Gasteiger charge is 1.96. The van der Waals surface area contributed by atoms with Crippen molar-refractivity contribution in [3.63, 3.8) is 0 Å². The van der Waals surface area contributed by atoms with Gasteiger partial charge in [0.15, 0.2) is 5.11 Å². The molecule has 0 amide bonds. The molecule has 0 spiro atoms. The zero-order valence-corrected chi connectivity index (χ0v) is 13.8. The standard InChI is InChI=1S/C17H20N4S/c1-13-4-8-15(9-5-13)19-17(22)20-18-12-14-6-10-16(11-7-14)21(2)3/h4-12H,1-3H3,(H2,19,20,22)/b18-12+. The second kappa shape index (κ2) is 7.56. The number of hydrogen-bond donors (Lipinski definition) is 2. The fourth-order valence-electron chi connectivity index (χ4n) is 1.82. The Hall–Kier alpha value is -2.40. The second-order valence-electron chi connectivity index (χ2n) is 5.18. The smallest absolute Gasteiger partial charge is 0.191 e. The van der Waals surface area contributed by atoms with Gasteiger partial charge in [-0.05, 0) is 49.0 Å². The van der Waals surface area contributed by atoms with Gasteiger partial charge in [-0.15, -0.1) is 0 Å². The maximum atomic E-state index is 5.20. The van der Waals surface area contributed by atoms with Crippen LogP contribution in [0.2, 0.25) is 0 Å². The minimum absolute atomic E-state index is 0.463. The van der Waals surface area contributed by atoms with Crippen molar-refractivity contribution in [2.24, 2.45) is 5.10 Å². The summed E-state index contributed by atoms with van der Waals surface area (Å²) in [5, 5.41) is 7.68. The van der Waals surface area contributed by atoms with Crippen LogP contribution in [-0.2, 0) is 0 Å². The van der Waals surface area contributed by atoms with Crippen LogP contribution in [-0.4, -0.2) is 25.4 Å². The number of rotatable bonds is 4. The van der Waals surface area contributed by atoms with Gasteiger partial charge in [0.25, 0.3) is 0 Å². The van der Waals surface area contributed by atoms with E-state index in [-0.39, 0.29) is 0 Å². The molecule has 0 atom stereocenters. The van der Waals surface area contributed by atoms with Crippen molar-refractivity contribution in [3.8, 4) is 0 Å². The first-order chi connectivity index (χ1) is 10.5. The molecule has 0 radical (unpaired) electrons. The third-order valence-electron chi connectivity index (χ3n) is 3.10. The summed E-state index contributed by atoms with van der Waals surface area (Å²) >= 11 is 5.20. The Bertz CT molecular complexity index is 645. The van der Waals surface area contributed by atoms with Gasteiger partial charge in [0, 0.05) is 25.5 Å². The summed E-state index contributed by atoms with van der Waals surface area (Å²) in [4.78, 5) is 2.06. The van der Waals surface area contributed by atoms with E-state index in [1.54, 1.807) is 6.21 Å². The molecule has 0 aliphatic heterocycles. The van der Waals surface area contributed by atoms with Gasteiger partial charge in [-0.25, -0.2) is 0 Å². The number of thiocarbonyl (C=S) groups is 1. The van der Waals surface area contributed by atoms with Crippen LogP contribution in [0, 0.1) is 6.92 Å². The molecule has 2 rings (SSSR count). The summed E-state index contributed by atoms with van der Waals surface area (Å²) in [5.41, 5.74) is 7.13. The SMILES string of the molecule is Cc1ccc(NC(=S)N/N=C/c2ccc(N(C)C)cc2)cc1. The van der Waals surface area contributed by atoms with Crippen molar-refractivity contribution in [2.75, 3.05) is 24.3 Å². The molecule has 2 aromatic rings. The van der Waals surface area contributed by atoms with Crippen molar-refractivity contribution >= 4 is 34.9 Å². The third-order valence-corrected chi connectivity index (χ3v) is 3.29. The Kier molecular flexibility index (Phi) is 5.49. The van der Waals surface area contributed by atoms with Crippen molar-refractivity contribution in [1.82, 2.24) is 5.43 Å². The molecule has 0 aliphatic rings. The van der Waals surface area contributed by atoms with E-state index in [2.05, 4.69) is 20.7 Å². The van der Waals surface area contributed by atoms with Crippen molar-refractivity contribution in [1.29, 1.82) is 0 Å². The minimum atomic E-state index is 0.463. The predicted molar refractivity (Wildman–Crippen MR) is 98.9 cm³/mol. The fraction of sp³-hybridized carbons (Fsp3) is 0.176. The highest BCUT2D eigenvalue weighted by Crippen LogP contribution is 2.11. The average Bonchev–Trinajstić information content (AvgIpc) is 2.50. The topological polar surface area (TPSA) is 39.7 Å². The Labute approximate surface area is 136 Å². The molecular weight excluding hydrogens is 292 g/mol. The Morgan fingerprint density at radius 2 is 1.68 bits per heavy atom. The van der Waals surface area contributed by atoms with Gasteiger partial charge in [0.05, 0.1) is 6.21 Å². The van der Waals surface area contributed by atoms with E-state index >= 15 is 0 Å². The number of nitrogens with one attached hydrogen (secondary N) is 2. The molecule has 0 saturated heterocycles. The molecule has 22 heavy (non-hydrogen) atoms. The quantitative estimate of drug-likeness (QED) is 0.516. The van der Waals surface area contributed by atoms with E-state index in [9.17, 15) is 0 Å². The van der Waals surface area contributed by atoms with Gasteiger partial charge >= 0.3 is 0 Å². The molecule has 2 aromatic carbocycles. The lowest BCUT2D eigenvalue weighted by Gasteiger charge is -2.11. The van der Waals surface area contributed by atoms with Gasteiger partial charge in [-0.2, -0.15) is 5.10 Å². The molecule has 0 bridgehead atoms. The first-order valence-corrected chi connectivity index (χ1v) is 7.39. The number of hydrogen-bond acceptors (Lipinski definition) is 3. The molecule has 5 heteroatoms. The number of aryl methyl sites for hydroxylation is 1. The average molecular weight is 312 g/mol. The van der Waals surface area contributed by atoms with Crippen LogP contribution in [0.5, 0.6) is 0 Å². The lowest BCUT2D eigenvalue weighted by Crippen LogP contribution is -2.23. The normalized spacial score (nSPS) is 10.5. The number of nitrogens with zero attached hydrogens (tertiary/aromatic N) is 2. The number of hydrazone groups is 1. The lowest BCUT2D eigenvalue weighted by atomic mass is 10.2. The monoisotopic (exact) mass is 312 g/mol. The molecule has 2 N–H and O–H groups in total. The molecule has 114 valence electrons. The molecule has 0 fully saturated rings. The predicted octanol–water partition coefficient (Wildman–Crippen LogP) is 3.38. The molecular formula is C17H20N4S. The highest BCUT2D eigenvalue weighted by molar-refractivity contribution is 7.80. The summed E-state index contributed by atoms with van der Waals surface area (Å²) in [7, 11) is 4.03. The Morgan fingerprint density at radius 1 is 1.05 bits per heavy atom. The van der Waals surface area contributed by atoms with Crippen LogP contribution >= 0.6 is 12.2 Å². The van der Waals surface area contributed by atoms with Gasteiger partial charge < -0.3 is 10.2 Å². The molecule has 0 aromatic heterocycles. The van der Waals surface area contributed by atoms with Crippen LogP contribution in [0.25, 0.3) is 0 Å². The third kappa shape index (κ3) is 4.86. The van der Waals surface area contributed by atoms with E-state index in [1.807, 2.05) is 69.6 Å². The summed E-state index contributed by atoms with van der Waals surface area (Å²) in [6, 6.07) is 16.1. The summed E-state index contributed by atoms with van der Waals surface area (Å²) in [6.07, 6.45) is 1.74. The molecule has 0 heterocycles. The highest BCUT2D eigenvalue weighted by atomic mass is 32.1. The van der Waals surface area contributed by atoms with Gasteiger partial charge in [0.1, 0.15) is 0 Å². The van der Waals surface area contributed by atoms with E-state index < -0.39 is 0 Å². The molecule has 0 unspecified atom stereocenters. The van der Waals surface area contributed by atoms with Crippen LogP contribution in [0.15, 0.2) is 53.6 Å². The Morgan fingerprint density at radius 3 is 2.27 bits per heavy atom. The van der Waals surface area contributed by atoms with Crippen LogP contribution in [0.3, 0.4) is 0 Å². The van der Waals surface area contributed by atoms with Crippen LogP contribution in [0.1, 0.15) is 11.1 Å². The van der Waals surface area contributed by atoms with Crippen molar-refractivity contribution < 1.29 is 0 Å². The second-order valence-corrected chi connectivity index (χ2v) is 5.58. The van der Waals surface area contributed by atoms with Crippen LogP contribution < -0.4 is 15.6 Å². The summed E-state index contributed by atoms with van der Waals surface area (Å²) in [5.74, 6) is 0. The maximum absolute atomic E-state index is 5.20. The minimum Gasteiger partial charge on any atom is -0.378 e. The van der Waals surface area contributed by atoms with Gasteiger partial charge in [-0.1, -0.05) is 29.8 Å². The molecule has 0 saturated carbocycles. The Balaban J connectivity index is 1.86. The van der Waals surface area contributed by atoms with E-state index in [0.717, 1.165) is 16.9 Å². The molecule has 0 aliphatic carbocycles. The zero-order chi connectivity index (χ0) is 15.9. The summed E-state index contributed by atoms with van der Waals surface area (Å²) < 4.78 is 0. The van der Waals surface area contributed by atoms with Crippen LogP contribution in [0.4, 0.5) is 11.4 Å². The zero-order valence-electron chi connectivity index (χ0n) is 13.0. The van der Waals surface area contributed by atoms with E-state index in [0.29, 0.717) is 5.11 Å². The van der Waals surface area contributed by atoms with Gasteiger partial charge in [0.2, 0.25) is 0 Å². The molecule has 4 nitrogen and oxygen atoms in total. The summed E-state index contributed by atoms with van der Waals surface area (Å²) in [6.45, 7) is 2.05. The number of anilines is 2. The first-order valence-electron chi connectivity index (χ1n) is 6.99. The largest absolute Gasteiger partial charge is 0.378 e. The number of benzene rings is 2. The fourth-order valence-corrected chi connectivity index (χ4v) is 1.99. The van der Waals surface area contributed by atoms with E-state index in [1.165, 1.54) is 5.56 Å². The maximum Gasteiger partial charge on any atom is 0.191 e. The van der Waals surface area contributed by atoms with Gasteiger partial charge in [-0.3, -0.25) is 5.43 Å². The van der Waals surface area contributed by atoms with Crippen molar-refractivity contribution in [2.45, 2.75) is 6.92 Å². The first kappa shape index (κ1) is 16.0. The lowest BCUT2D eigenvalue weighted by molar-refractivity contribution is 1.05. The van der Waals surface area contributed by atoms with Crippen molar-refractivity contribution in [3.05, 3.63) is 59.7 Å².